The lowest BCUT2D eigenvalue weighted by Gasteiger charge is -2.31. The van der Waals surface area contributed by atoms with Crippen LogP contribution in [-0.2, 0) is 15.8 Å². The minimum absolute atomic E-state index is 0.145. The van der Waals surface area contributed by atoms with Crippen molar-refractivity contribution < 1.29 is 27.9 Å². The van der Waals surface area contributed by atoms with E-state index in [4.69, 9.17) is 5.73 Å². The number of fused-ring (bicyclic) bond motifs is 1. The number of anilines is 1. The first kappa shape index (κ1) is 27.0. The van der Waals surface area contributed by atoms with Gasteiger partial charge >= 0.3 is 6.18 Å². The molecule has 4 rings (SSSR count). The van der Waals surface area contributed by atoms with Crippen molar-refractivity contribution >= 4 is 23.1 Å². The number of nitrogens with zero attached hydrogens (tertiary/aromatic N) is 2. The number of likely N-dealkylation sites (N-methyl/N-ethyl adjacent to an activating group) is 1. The van der Waals surface area contributed by atoms with E-state index in [1.165, 1.54) is 24.1 Å². The number of carbonyl (C=O) groups is 2. The second-order valence-corrected chi connectivity index (χ2v) is 10.0. The molecule has 1 fully saturated rings. The summed E-state index contributed by atoms with van der Waals surface area (Å²) in [5.74, 6) is -2.02. The highest BCUT2D eigenvalue weighted by Crippen LogP contribution is 2.40. The van der Waals surface area contributed by atoms with E-state index < -0.39 is 41.1 Å². The molecule has 1 heterocycles. The molecule has 0 bridgehead atoms. The van der Waals surface area contributed by atoms with Gasteiger partial charge in [0, 0.05) is 24.1 Å². The lowest BCUT2D eigenvalue weighted by molar-refractivity contribution is -0.139. The molecule has 1 unspecified atom stereocenters. The van der Waals surface area contributed by atoms with Crippen molar-refractivity contribution in [2.24, 2.45) is 22.6 Å². The standard InChI is InChI=1S/C28H32F3N3O3/c1-3-4-9-23(35)21(16-17-10-11-17)25(36)27(32)26(37)34(2)22-8-6-5-7-20(22)24(33-27)18-12-14-19(15-13-18)28(29,30)31/h5-8,12-15,17,21,23,35H,3-4,9-11,16,32H2,1-2H3/t21-,23+,27?/m0/s1. The van der Waals surface area contributed by atoms with E-state index in [2.05, 4.69) is 4.99 Å². The molecule has 3 atom stereocenters. The molecule has 0 radical (unpaired) electrons. The summed E-state index contributed by atoms with van der Waals surface area (Å²) >= 11 is 0. The minimum Gasteiger partial charge on any atom is -0.392 e. The van der Waals surface area contributed by atoms with E-state index in [1.807, 2.05) is 6.92 Å². The number of aliphatic hydroxyl groups excluding tert-OH is 1. The average Bonchev–Trinajstić information content (AvgIpc) is 3.71. The fourth-order valence-electron chi connectivity index (χ4n) is 4.86. The predicted octanol–water partition coefficient (Wildman–Crippen LogP) is 4.71. The van der Waals surface area contributed by atoms with Crippen LogP contribution >= 0.6 is 0 Å². The molecule has 2 aromatic carbocycles. The Morgan fingerprint density at radius 2 is 1.84 bits per heavy atom. The number of aliphatic hydroxyl groups is 1. The van der Waals surface area contributed by atoms with Gasteiger partial charge in [0.1, 0.15) is 0 Å². The third-order valence-corrected chi connectivity index (χ3v) is 7.24. The van der Waals surface area contributed by atoms with Crippen LogP contribution in [-0.4, -0.2) is 41.3 Å². The molecular formula is C28H32F3N3O3. The first-order chi connectivity index (χ1) is 17.5. The van der Waals surface area contributed by atoms with Crippen LogP contribution in [0, 0.1) is 11.8 Å². The molecule has 1 aliphatic heterocycles. The number of benzodiazepines with no additional fused rings is 1. The number of nitrogens with two attached hydrogens (primary N) is 1. The zero-order chi connectivity index (χ0) is 27.0. The molecule has 9 heteroatoms. The van der Waals surface area contributed by atoms with Crippen LogP contribution in [0.25, 0.3) is 0 Å². The first-order valence-corrected chi connectivity index (χ1v) is 12.6. The highest BCUT2D eigenvalue weighted by Gasteiger charge is 2.51. The molecule has 37 heavy (non-hydrogen) atoms. The number of rotatable bonds is 9. The van der Waals surface area contributed by atoms with Crippen molar-refractivity contribution in [3.8, 4) is 0 Å². The third kappa shape index (κ3) is 5.48. The second-order valence-electron chi connectivity index (χ2n) is 10.0. The van der Waals surface area contributed by atoms with Gasteiger partial charge < -0.3 is 10.0 Å². The molecular weight excluding hydrogens is 483 g/mol. The van der Waals surface area contributed by atoms with Gasteiger partial charge in [0.25, 0.3) is 5.91 Å². The SMILES string of the molecule is CCCC[C@@H](O)[C@H](CC1CC1)C(=O)C1(N)N=C(c2ccc(C(F)(F)F)cc2)c2ccccc2N(C)C1=O. The van der Waals surface area contributed by atoms with Crippen LogP contribution in [0.2, 0.25) is 0 Å². The highest BCUT2D eigenvalue weighted by molar-refractivity contribution is 6.26. The van der Waals surface area contributed by atoms with Gasteiger partial charge in [-0.25, -0.2) is 4.99 Å². The normalized spacial score (nSPS) is 21.6. The zero-order valence-electron chi connectivity index (χ0n) is 21.0. The summed E-state index contributed by atoms with van der Waals surface area (Å²) in [6.45, 7) is 1.98. The van der Waals surface area contributed by atoms with Crippen LogP contribution in [0.3, 0.4) is 0 Å². The summed E-state index contributed by atoms with van der Waals surface area (Å²) in [6, 6.07) is 11.2. The predicted molar refractivity (Wildman–Crippen MR) is 135 cm³/mol. The summed E-state index contributed by atoms with van der Waals surface area (Å²) in [4.78, 5) is 33.5. The number of amides is 1. The molecule has 0 spiro atoms. The first-order valence-electron chi connectivity index (χ1n) is 12.6. The number of hydrogen-bond donors (Lipinski definition) is 2. The molecule has 6 nitrogen and oxygen atoms in total. The lowest BCUT2D eigenvalue weighted by Crippen LogP contribution is -2.61. The Morgan fingerprint density at radius 1 is 1.19 bits per heavy atom. The number of para-hydroxylation sites is 1. The maximum Gasteiger partial charge on any atom is 0.416 e. The number of alkyl halides is 3. The summed E-state index contributed by atoms with van der Waals surface area (Å²) in [5, 5.41) is 11.0. The number of benzene rings is 2. The summed E-state index contributed by atoms with van der Waals surface area (Å²) in [5.41, 5.74) is 4.73. The van der Waals surface area contributed by atoms with Crippen molar-refractivity contribution in [2.75, 3.05) is 11.9 Å². The van der Waals surface area contributed by atoms with Crippen LogP contribution in [0.1, 0.15) is 62.1 Å². The molecule has 1 amide bonds. The van der Waals surface area contributed by atoms with E-state index in [1.54, 1.807) is 24.3 Å². The van der Waals surface area contributed by atoms with Gasteiger partial charge in [0.15, 0.2) is 5.78 Å². The monoisotopic (exact) mass is 515 g/mol. The minimum atomic E-state index is -4.52. The molecule has 1 aliphatic carbocycles. The molecule has 0 saturated heterocycles. The topological polar surface area (TPSA) is 96.0 Å². The van der Waals surface area contributed by atoms with Crippen molar-refractivity contribution in [3.63, 3.8) is 0 Å². The number of ketones is 1. The Hall–Kier alpha value is -3.04. The van der Waals surface area contributed by atoms with Crippen LogP contribution in [0.4, 0.5) is 18.9 Å². The van der Waals surface area contributed by atoms with Gasteiger partial charge in [-0.3, -0.25) is 15.3 Å². The maximum absolute atomic E-state index is 14.0. The molecule has 198 valence electrons. The molecule has 3 N–H and O–H groups in total. The fraction of sp³-hybridized carbons (Fsp3) is 0.464. The van der Waals surface area contributed by atoms with Crippen molar-refractivity contribution in [1.82, 2.24) is 0 Å². The van der Waals surface area contributed by atoms with E-state index in [-0.39, 0.29) is 17.2 Å². The van der Waals surface area contributed by atoms with E-state index >= 15 is 0 Å². The largest absolute Gasteiger partial charge is 0.416 e. The molecule has 1 saturated carbocycles. The van der Waals surface area contributed by atoms with Gasteiger partial charge in [0.05, 0.1) is 23.1 Å². The van der Waals surface area contributed by atoms with Gasteiger partial charge in [-0.2, -0.15) is 13.2 Å². The lowest BCUT2D eigenvalue weighted by atomic mass is 9.82. The number of aliphatic imine (C=N–C) groups is 1. The summed E-state index contributed by atoms with van der Waals surface area (Å²) < 4.78 is 39.6. The number of halogens is 3. The second kappa shape index (κ2) is 10.4. The Labute approximate surface area is 214 Å². The number of hydrogen-bond acceptors (Lipinski definition) is 5. The maximum atomic E-state index is 14.0. The van der Waals surface area contributed by atoms with Crippen LogP contribution in [0.5, 0.6) is 0 Å². The van der Waals surface area contributed by atoms with E-state index in [0.29, 0.717) is 30.5 Å². The smallest absolute Gasteiger partial charge is 0.392 e. The van der Waals surface area contributed by atoms with E-state index in [0.717, 1.165) is 31.4 Å². The average molecular weight is 516 g/mol. The summed E-state index contributed by atoms with van der Waals surface area (Å²) in [6.07, 6.45) is -1.23. The van der Waals surface area contributed by atoms with Crippen LogP contribution in [0.15, 0.2) is 53.5 Å². The van der Waals surface area contributed by atoms with Crippen molar-refractivity contribution in [2.45, 2.75) is 63.4 Å². The zero-order valence-corrected chi connectivity index (χ0v) is 21.0. The van der Waals surface area contributed by atoms with Gasteiger partial charge in [-0.15, -0.1) is 0 Å². The van der Waals surface area contributed by atoms with Crippen molar-refractivity contribution in [3.05, 3.63) is 65.2 Å². The van der Waals surface area contributed by atoms with Crippen LogP contribution < -0.4 is 10.6 Å². The Balaban J connectivity index is 1.84. The van der Waals surface area contributed by atoms with Gasteiger partial charge in [0.2, 0.25) is 5.66 Å². The quantitative estimate of drug-likeness (QED) is 0.473. The molecule has 0 aromatic heterocycles. The van der Waals surface area contributed by atoms with Gasteiger partial charge in [-0.1, -0.05) is 62.9 Å². The number of carbonyl (C=O) groups excluding carboxylic acids is 2. The van der Waals surface area contributed by atoms with E-state index in [9.17, 15) is 27.9 Å². The number of Topliss-reactive ketones (excluding diaryl/α,β-unsaturated/α-hetero) is 1. The highest BCUT2D eigenvalue weighted by atomic mass is 19.4. The van der Waals surface area contributed by atoms with Crippen molar-refractivity contribution in [1.29, 1.82) is 0 Å². The Kier molecular flexibility index (Phi) is 7.57. The Morgan fingerprint density at radius 3 is 2.43 bits per heavy atom. The third-order valence-electron chi connectivity index (χ3n) is 7.24. The number of unbranched alkanes of at least 4 members (excludes halogenated alkanes) is 1. The van der Waals surface area contributed by atoms with Gasteiger partial charge in [-0.05, 0) is 37.0 Å². The Bertz CT molecular complexity index is 1190. The molecule has 2 aliphatic rings. The fourth-order valence-corrected chi connectivity index (χ4v) is 4.86. The summed E-state index contributed by atoms with van der Waals surface area (Å²) in [7, 11) is 1.49. The molecule has 2 aromatic rings.